The van der Waals surface area contributed by atoms with Crippen LogP contribution in [0.1, 0.15) is 123 Å². The molecule has 0 saturated heterocycles. The molecule has 0 bridgehead atoms. The molecule has 0 aromatic heterocycles. The molecule has 0 heteroatoms. The molecule has 0 N–H and O–H groups in total. The van der Waals surface area contributed by atoms with Crippen molar-refractivity contribution in [3.8, 4) is 0 Å². The molecule has 3 atom stereocenters. The van der Waals surface area contributed by atoms with Gasteiger partial charge in [-0.05, 0) is 61.2 Å². The van der Waals surface area contributed by atoms with Crippen molar-refractivity contribution in [1.29, 1.82) is 0 Å². The quantitative estimate of drug-likeness (QED) is 0.487. The third-order valence-electron chi connectivity index (χ3n) is 8.33. The standard InChI is InChI=1S/C24H44/c1-3-24(23-15-8-5-9-16-23)18-20(2)11-10-14-22(19-24)17-21-12-6-4-7-13-21/h20-23H,3-19H2,1-2H3. The van der Waals surface area contributed by atoms with E-state index < -0.39 is 0 Å². The van der Waals surface area contributed by atoms with Crippen LogP contribution >= 0.6 is 0 Å². The van der Waals surface area contributed by atoms with Crippen molar-refractivity contribution < 1.29 is 0 Å². The zero-order valence-corrected chi connectivity index (χ0v) is 16.8. The zero-order valence-electron chi connectivity index (χ0n) is 16.8. The third kappa shape index (κ3) is 4.79. The molecule has 3 fully saturated rings. The third-order valence-corrected chi connectivity index (χ3v) is 8.33. The summed E-state index contributed by atoms with van der Waals surface area (Å²) in [4.78, 5) is 0. The maximum absolute atomic E-state index is 2.56. The van der Waals surface area contributed by atoms with E-state index in [4.69, 9.17) is 0 Å². The van der Waals surface area contributed by atoms with Gasteiger partial charge in [0.1, 0.15) is 0 Å². The average Bonchev–Trinajstić information content (AvgIpc) is 2.61. The van der Waals surface area contributed by atoms with Crippen LogP contribution in [0, 0.1) is 29.1 Å². The number of hydrogen-bond acceptors (Lipinski definition) is 0. The lowest BCUT2D eigenvalue weighted by Gasteiger charge is -2.48. The zero-order chi connectivity index (χ0) is 16.8. The van der Waals surface area contributed by atoms with Crippen LogP contribution in [0.15, 0.2) is 0 Å². The second-order valence-electron chi connectivity index (χ2n) is 10.1. The summed E-state index contributed by atoms with van der Waals surface area (Å²) >= 11 is 0. The van der Waals surface area contributed by atoms with E-state index >= 15 is 0 Å². The summed E-state index contributed by atoms with van der Waals surface area (Å²) in [5.41, 5.74) is 0.708. The van der Waals surface area contributed by atoms with Gasteiger partial charge in [0, 0.05) is 0 Å². The molecule has 0 radical (unpaired) electrons. The molecule has 3 aliphatic carbocycles. The fourth-order valence-corrected chi connectivity index (χ4v) is 7.03. The normalized spacial score (nSPS) is 37.8. The minimum absolute atomic E-state index is 0.708. The predicted octanol–water partition coefficient (Wildman–Crippen LogP) is 8.15. The first-order valence-electron chi connectivity index (χ1n) is 11.7. The van der Waals surface area contributed by atoms with Crippen molar-refractivity contribution in [3.05, 3.63) is 0 Å². The molecule has 0 aliphatic heterocycles. The number of hydrogen-bond donors (Lipinski definition) is 0. The SMILES string of the molecule is CCC1(C2CCCCC2)CC(C)CCCC(CC2CCCCC2)C1. The van der Waals surface area contributed by atoms with Crippen molar-refractivity contribution in [2.24, 2.45) is 29.1 Å². The highest BCUT2D eigenvalue weighted by Crippen LogP contribution is 2.52. The van der Waals surface area contributed by atoms with Crippen molar-refractivity contribution in [3.63, 3.8) is 0 Å². The molecule has 0 aromatic rings. The van der Waals surface area contributed by atoms with E-state index in [2.05, 4.69) is 13.8 Å². The second-order valence-corrected chi connectivity index (χ2v) is 10.1. The number of rotatable bonds is 4. The predicted molar refractivity (Wildman–Crippen MR) is 106 cm³/mol. The molecule has 24 heavy (non-hydrogen) atoms. The topological polar surface area (TPSA) is 0 Å². The van der Waals surface area contributed by atoms with Gasteiger partial charge in [0.25, 0.3) is 0 Å². The molecule has 0 heterocycles. The highest BCUT2D eigenvalue weighted by Gasteiger charge is 2.41. The van der Waals surface area contributed by atoms with Crippen LogP contribution < -0.4 is 0 Å². The van der Waals surface area contributed by atoms with Gasteiger partial charge in [0.2, 0.25) is 0 Å². The van der Waals surface area contributed by atoms with E-state index in [0.717, 1.165) is 23.7 Å². The maximum Gasteiger partial charge on any atom is -0.0267 e. The Balaban J connectivity index is 1.70. The van der Waals surface area contributed by atoms with E-state index in [9.17, 15) is 0 Å². The van der Waals surface area contributed by atoms with Crippen LogP contribution in [-0.4, -0.2) is 0 Å². The Labute approximate surface area is 152 Å². The van der Waals surface area contributed by atoms with Gasteiger partial charge in [-0.3, -0.25) is 0 Å². The van der Waals surface area contributed by atoms with E-state index in [1.807, 2.05) is 0 Å². The van der Waals surface area contributed by atoms with E-state index in [1.165, 1.54) is 57.8 Å². The van der Waals surface area contributed by atoms with Crippen LogP contribution in [0.25, 0.3) is 0 Å². The van der Waals surface area contributed by atoms with Gasteiger partial charge in [-0.2, -0.15) is 0 Å². The van der Waals surface area contributed by atoms with Gasteiger partial charge in [0.15, 0.2) is 0 Å². The molecular formula is C24H44. The fraction of sp³-hybridized carbons (Fsp3) is 1.00. The summed E-state index contributed by atoms with van der Waals surface area (Å²) in [6.07, 6.45) is 26.1. The van der Waals surface area contributed by atoms with Gasteiger partial charge in [-0.15, -0.1) is 0 Å². The first kappa shape index (κ1) is 18.8. The van der Waals surface area contributed by atoms with Crippen molar-refractivity contribution in [2.45, 2.75) is 123 Å². The minimum atomic E-state index is 0.708. The Bertz CT molecular complexity index is 347. The monoisotopic (exact) mass is 332 g/mol. The highest BCUT2D eigenvalue weighted by molar-refractivity contribution is 4.92. The summed E-state index contributed by atoms with van der Waals surface area (Å²) in [5.74, 6) is 4.18. The highest BCUT2D eigenvalue weighted by atomic mass is 14.5. The summed E-state index contributed by atoms with van der Waals surface area (Å²) in [7, 11) is 0. The van der Waals surface area contributed by atoms with Gasteiger partial charge in [-0.1, -0.05) is 90.9 Å². The Kier molecular flexibility index (Phi) is 7.11. The molecule has 0 nitrogen and oxygen atoms in total. The van der Waals surface area contributed by atoms with E-state index in [-0.39, 0.29) is 0 Å². The van der Waals surface area contributed by atoms with Crippen molar-refractivity contribution in [1.82, 2.24) is 0 Å². The van der Waals surface area contributed by atoms with E-state index in [1.54, 1.807) is 51.4 Å². The molecular weight excluding hydrogens is 288 g/mol. The fourth-order valence-electron chi connectivity index (χ4n) is 7.03. The summed E-state index contributed by atoms with van der Waals surface area (Å²) < 4.78 is 0. The van der Waals surface area contributed by atoms with Crippen LogP contribution in [0.3, 0.4) is 0 Å². The average molecular weight is 333 g/mol. The lowest BCUT2D eigenvalue weighted by atomic mass is 9.58. The van der Waals surface area contributed by atoms with Gasteiger partial charge < -0.3 is 0 Å². The summed E-state index contributed by atoms with van der Waals surface area (Å²) in [5, 5.41) is 0. The molecule has 3 unspecified atom stereocenters. The summed E-state index contributed by atoms with van der Waals surface area (Å²) in [6.45, 7) is 5.11. The van der Waals surface area contributed by atoms with Crippen LogP contribution in [-0.2, 0) is 0 Å². The molecule has 0 spiro atoms. The van der Waals surface area contributed by atoms with Crippen LogP contribution in [0.5, 0.6) is 0 Å². The Hall–Kier alpha value is 0. The molecule has 0 amide bonds. The maximum atomic E-state index is 2.56. The first-order valence-corrected chi connectivity index (χ1v) is 11.7. The molecule has 3 aliphatic rings. The molecule has 0 aromatic carbocycles. The smallest absolute Gasteiger partial charge is 0.0267 e. The van der Waals surface area contributed by atoms with Crippen LogP contribution in [0.2, 0.25) is 0 Å². The van der Waals surface area contributed by atoms with Gasteiger partial charge >= 0.3 is 0 Å². The largest absolute Gasteiger partial charge is 0.0648 e. The van der Waals surface area contributed by atoms with Crippen molar-refractivity contribution >= 4 is 0 Å². The summed E-state index contributed by atoms with van der Waals surface area (Å²) in [6, 6.07) is 0. The molecule has 3 rings (SSSR count). The first-order chi connectivity index (χ1) is 11.7. The molecule has 3 saturated carbocycles. The Morgan fingerprint density at radius 1 is 0.667 bits per heavy atom. The minimum Gasteiger partial charge on any atom is -0.0648 e. The lowest BCUT2D eigenvalue weighted by molar-refractivity contribution is 0.0309. The Morgan fingerprint density at radius 2 is 1.29 bits per heavy atom. The molecule has 140 valence electrons. The Morgan fingerprint density at radius 3 is 1.96 bits per heavy atom. The van der Waals surface area contributed by atoms with Gasteiger partial charge in [0.05, 0.1) is 0 Å². The van der Waals surface area contributed by atoms with Crippen LogP contribution in [0.4, 0.5) is 0 Å². The van der Waals surface area contributed by atoms with Gasteiger partial charge in [-0.25, -0.2) is 0 Å². The van der Waals surface area contributed by atoms with E-state index in [0.29, 0.717) is 5.41 Å². The van der Waals surface area contributed by atoms with Crippen molar-refractivity contribution in [2.75, 3.05) is 0 Å². The lowest BCUT2D eigenvalue weighted by Crippen LogP contribution is -2.37. The second kappa shape index (κ2) is 9.09.